The van der Waals surface area contributed by atoms with Gasteiger partial charge in [0, 0.05) is 6.07 Å². The maximum atomic E-state index is 14.1. The molecule has 3 aromatic carbocycles. The van der Waals surface area contributed by atoms with Gasteiger partial charge in [0.2, 0.25) is 15.9 Å². The molecule has 0 saturated carbocycles. The average molecular weight is 489 g/mol. The first-order chi connectivity index (χ1) is 16.1. The number of benzene rings is 3. The van der Waals surface area contributed by atoms with Crippen molar-refractivity contribution in [1.82, 2.24) is 4.72 Å². The first-order valence-electron chi connectivity index (χ1n) is 10.6. The number of methoxy groups -OCH3 is 1. The van der Waals surface area contributed by atoms with E-state index in [2.05, 4.69) is 10.0 Å². The molecule has 1 unspecified atom stereocenters. The van der Waals surface area contributed by atoms with E-state index in [0.29, 0.717) is 11.6 Å². The third kappa shape index (κ3) is 6.18. The van der Waals surface area contributed by atoms with Crippen LogP contribution in [-0.4, -0.2) is 27.5 Å². The first-order valence-corrected chi connectivity index (χ1v) is 12.1. The molecule has 34 heavy (non-hydrogen) atoms. The molecular formula is C25H26F2N2O4S. The Morgan fingerprint density at radius 1 is 1.00 bits per heavy atom. The van der Waals surface area contributed by atoms with Gasteiger partial charge >= 0.3 is 0 Å². The third-order valence-electron chi connectivity index (χ3n) is 5.23. The van der Waals surface area contributed by atoms with Gasteiger partial charge in [-0.2, -0.15) is 4.72 Å². The van der Waals surface area contributed by atoms with Crippen molar-refractivity contribution in [3.05, 3.63) is 89.5 Å². The molecule has 0 radical (unpaired) electrons. The van der Waals surface area contributed by atoms with Crippen molar-refractivity contribution in [2.75, 3.05) is 12.4 Å². The molecule has 3 aromatic rings. The summed E-state index contributed by atoms with van der Waals surface area (Å²) >= 11 is 0. The summed E-state index contributed by atoms with van der Waals surface area (Å²) in [5, 5.41) is 2.35. The monoisotopic (exact) mass is 488 g/mol. The lowest BCUT2D eigenvalue weighted by Crippen LogP contribution is -2.45. The topological polar surface area (TPSA) is 84.5 Å². The Bertz CT molecular complexity index is 1270. The number of nitrogens with one attached hydrogen (secondary N) is 2. The average Bonchev–Trinajstić information content (AvgIpc) is 2.80. The molecule has 0 heterocycles. The second-order valence-electron chi connectivity index (χ2n) is 8.04. The van der Waals surface area contributed by atoms with E-state index in [1.807, 2.05) is 13.8 Å². The fourth-order valence-corrected chi connectivity index (χ4v) is 4.76. The van der Waals surface area contributed by atoms with Gasteiger partial charge in [-0.1, -0.05) is 50.2 Å². The Hall–Kier alpha value is -3.30. The van der Waals surface area contributed by atoms with Crippen molar-refractivity contribution in [3.63, 3.8) is 0 Å². The van der Waals surface area contributed by atoms with E-state index in [1.165, 1.54) is 13.2 Å². The van der Waals surface area contributed by atoms with Crippen LogP contribution < -0.4 is 14.8 Å². The molecule has 0 bridgehead atoms. The van der Waals surface area contributed by atoms with Crippen LogP contribution in [0, 0.1) is 11.6 Å². The molecule has 6 nitrogen and oxygen atoms in total. The highest BCUT2D eigenvalue weighted by molar-refractivity contribution is 7.89. The van der Waals surface area contributed by atoms with E-state index in [9.17, 15) is 22.0 Å². The van der Waals surface area contributed by atoms with E-state index in [-0.39, 0.29) is 28.7 Å². The van der Waals surface area contributed by atoms with Crippen LogP contribution in [0.2, 0.25) is 0 Å². The number of amides is 1. The lowest BCUT2D eigenvalue weighted by atomic mass is 10.0. The van der Waals surface area contributed by atoms with Gasteiger partial charge in [0.05, 0.1) is 12.8 Å². The summed E-state index contributed by atoms with van der Waals surface area (Å²) in [6, 6.07) is 15.0. The van der Waals surface area contributed by atoms with Crippen LogP contribution in [0.15, 0.2) is 71.6 Å². The van der Waals surface area contributed by atoms with Crippen molar-refractivity contribution in [2.24, 2.45) is 0 Å². The Balaban J connectivity index is 1.96. The number of carbonyl (C=O) groups is 1. The number of sulfonamides is 1. The lowest BCUT2D eigenvalue weighted by Gasteiger charge is -2.20. The molecule has 0 aromatic heterocycles. The third-order valence-corrected chi connectivity index (χ3v) is 6.72. The summed E-state index contributed by atoms with van der Waals surface area (Å²) < 4.78 is 61.8. The van der Waals surface area contributed by atoms with Crippen LogP contribution in [0.3, 0.4) is 0 Å². The first kappa shape index (κ1) is 25.3. The fourth-order valence-electron chi connectivity index (χ4n) is 3.36. The van der Waals surface area contributed by atoms with Gasteiger partial charge in [0.25, 0.3) is 0 Å². The standard InChI is InChI=1S/C25H26F2N2O4S/c1-16(2)18-9-12-23(33-3)24(14-18)34(31,32)29-22(13-17-7-5-4-6-8-17)25(30)28-21-11-10-19(26)15-20(21)27/h4-12,14-16,22,29H,13H2,1-3H3,(H,28,30). The SMILES string of the molecule is COc1ccc(C(C)C)cc1S(=O)(=O)NC(Cc1ccccc1)C(=O)Nc1ccc(F)cc1F. The molecule has 0 aliphatic rings. The quantitative estimate of drug-likeness (QED) is 0.460. The zero-order valence-corrected chi connectivity index (χ0v) is 19.8. The van der Waals surface area contributed by atoms with Gasteiger partial charge in [0.15, 0.2) is 0 Å². The van der Waals surface area contributed by atoms with Crippen LogP contribution in [-0.2, 0) is 21.2 Å². The van der Waals surface area contributed by atoms with E-state index in [4.69, 9.17) is 4.74 Å². The molecule has 0 aliphatic heterocycles. The molecule has 0 aliphatic carbocycles. The van der Waals surface area contributed by atoms with Gasteiger partial charge in [-0.05, 0) is 47.7 Å². The molecule has 3 rings (SSSR count). The second kappa shape index (κ2) is 10.8. The molecule has 9 heteroatoms. The van der Waals surface area contributed by atoms with Crippen molar-refractivity contribution in [2.45, 2.75) is 37.1 Å². The predicted octanol–water partition coefficient (Wildman–Crippen LogP) is 4.63. The van der Waals surface area contributed by atoms with Crippen LogP contribution in [0.1, 0.15) is 30.9 Å². The number of rotatable bonds is 9. The molecule has 0 fully saturated rings. The highest BCUT2D eigenvalue weighted by Crippen LogP contribution is 2.28. The van der Waals surface area contributed by atoms with Crippen LogP contribution >= 0.6 is 0 Å². The van der Waals surface area contributed by atoms with Gasteiger partial charge in [0.1, 0.15) is 28.3 Å². The Morgan fingerprint density at radius 3 is 2.32 bits per heavy atom. The Kier molecular flexibility index (Phi) is 8.01. The van der Waals surface area contributed by atoms with E-state index >= 15 is 0 Å². The van der Waals surface area contributed by atoms with Crippen molar-refractivity contribution >= 4 is 21.6 Å². The van der Waals surface area contributed by atoms with Crippen LogP contribution in [0.4, 0.5) is 14.5 Å². The maximum absolute atomic E-state index is 14.1. The minimum absolute atomic E-state index is 0.000897. The molecule has 0 spiro atoms. The van der Waals surface area contributed by atoms with Gasteiger partial charge < -0.3 is 10.1 Å². The largest absolute Gasteiger partial charge is 0.495 e. The van der Waals surface area contributed by atoms with Gasteiger partial charge in [-0.15, -0.1) is 0 Å². The number of hydrogen-bond donors (Lipinski definition) is 2. The summed E-state index contributed by atoms with van der Waals surface area (Å²) in [7, 11) is -2.87. The summed E-state index contributed by atoms with van der Waals surface area (Å²) in [6.07, 6.45) is 0.000897. The Labute approximate surface area is 198 Å². The highest BCUT2D eigenvalue weighted by atomic mass is 32.2. The molecule has 180 valence electrons. The van der Waals surface area contributed by atoms with Crippen LogP contribution in [0.5, 0.6) is 5.75 Å². The van der Waals surface area contributed by atoms with Crippen molar-refractivity contribution in [1.29, 1.82) is 0 Å². The molecule has 2 N–H and O–H groups in total. The molecule has 1 atom stereocenters. The van der Waals surface area contributed by atoms with E-state index in [0.717, 1.165) is 17.7 Å². The molecule has 1 amide bonds. The Morgan fingerprint density at radius 2 is 1.71 bits per heavy atom. The normalized spacial score (nSPS) is 12.4. The van der Waals surface area contributed by atoms with E-state index < -0.39 is 33.6 Å². The minimum Gasteiger partial charge on any atom is -0.495 e. The second-order valence-corrected chi connectivity index (χ2v) is 9.72. The number of anilines is 1. The number of carbonyl (C=O) groups excluding carboxylic acids is 1. The number of ether oxygens (including phenoxy) is 1. The van der Waals surface area contributed by atoms with Crippen molar-refractivity contribution < 1.29 is 26.7 Å². The summed E-state index contributed by atoms with van der Waals surface area (Å²) in [5.74, 6) is -2.38. The fraction of sp³-hybridized carbons (Fsp3) is 0.240. The van der Waals surface area contributed by atoms with E-state index in [1.54, 1.807) is 42.5 Å². The smallest absolute Gasteiger partial charge is 0.245 e. The number of halogens is 2. The lowest BCUT2D eigenvalue weighted by molar-refractivity contribution is -0.117. The van der Waals surface area contributed by atoms with Gasteiger partial charge in [-0.25, -0.2) is 17.2 Å². The highest BCUT2D eigenvalue weighted by Gasteiger charge is 2.29. The summed E-state index contributed by atoms with van der Waals surface area (Å²) in [6.45, 7) is 3.85. The predicted molar refractivity (Wildman–Crippen MR) is 126 cm³/mol. The minimum atomic E-state index is -4.22. The summed E-state index contributed by atoms with van der Waals surface area (Å²) in [4.78, 5) is 13.0. The zero-order valence-electron chi connectivity index (χ0n) is 19.0. The van der Waals surface area contributed by atoms with Crippen LogP contribution in [0.25, 0.3) is 0 Å². The number of hydrogen-bond acceptors (Lipinski definition) is 4. The van der Waals surface area contributed by atoms with Gasteiger partial charge in [-0.3, -0.25) is 4.79 Å². The van der Waals surface area contributed by atoms with Crippen molar-refractivity contribution in [3.8, 4) is 5.75 Å². The maximum Gasteiger partial charge on any atom is 0.245 e. The zero-order chi connectivity index (χ0) is 24.9. The molecule has 0 saturated heterocycles. The molecular weight excluding hydrogens is 462 g/mol. The summed E-state index contributed by atoms with van der Waals surface area (Å²) in [5.41, 5.74) is 1.20.